The van der Waals surface area contributed by atoms with E-state index in [2.05, 4.69) is 15.4 Å². The molecule has 0 aromatic carbocycles. The molecule has 0 radical (unpaired) electrons. The highest BCUT2D eigenvalue weighted by molar-refractivity contribution is 8.00. The van der Waals surface area contributed by atoms with Gasteiger partial charge in [-0.3, -0.25) is 19.4 Å². The Morgan fingerprint density at radius 1 is 1.42 bits per heavy atom. The molecule has 10 nitrogen and oxygen atoms in total. The Morgan fingerprint density at radius 3 is 2.85 bits per heavy atom. The lowest BCUT2D eigenvalue weighted by molar-refractivity contribution is -0.150. The number of carboxylic acids is 1. The van der Waals surface area contributed by atoms with Crippen molar-refractivity contribution in [2.45, 2.75) is 43.2 Å². The maximum atomic E-state index is 12.8. The Hall–Kier alpha value is -2.41. The molecule has 0 saturated carbocycles. The van der Waals surface area contributed by atoms with Crippen LogP contribution in [0.15, 0.2) is 33.9 Å². The van der Waals surface area contributed by atoms with Crippen molar-refractivity contribution in [1.29, 1.82) is 0 Å². The fraction of sp³-hybridized carbons (Fsp3) is 0.524. The molecule has 0 bridgehead atoms. The van der Waals surface area contributed by atoms with Gasteiger partial charge in [0.15, 0.2) is 6.23 Å². The van der Waals surface area contributed by atoms with Crippen molar-refractivity contribution in [3.05, 3.63) is 33.7 Å². The van der Waals surface area contributed by atoms with E-state index in [1.807, 2.05) is 31.4 Å². The van der Waals surface area contributed by atoms with E-state index in [4.69, 9.17) is 9.57 Å². The van der Waals surface area contributed by atoms with E-state index < -0.39 is 23.3 Å². The van der Waals surface area contributed by atoms with Crippen molar-refractivity contribution in [1.82, 2.24) is 15.1 Å². The lowest BCUT2D eigenvalue weighted by Gasteiger charge is -2.50. The van der Waals surface area contributed by atoms with Gasteiger partial charge < -0.3 is 20.0 Å². The number of carbonyl (C=O) groups excluding carboxylic acids is 2. The first-order valence-electron chi connectivity index (χ1n) is 10.7. The second-order valence-electron chi connectivity index (χ2n) is 7.88. The summed E-state index contributed by atoms with van der Waals surface area (Å²) in [6.07, 6.45) is 1.28. The van der Waals surface area contributed by atoms with Crippen molar-refractivity contribution in [2.24, 2.45) is 5.16 Å². The molecule has 3 aliphatic heterocycles. The Balaban J connectivity index is 1.43. The van der Waals surface area contributed by atoms with Gasteiger partial charge in [-0.05, 0) is 25.3 Å². The van der Waals surface area contributed by atoms with Crippen molar-refractivity contribution < 1.29 is 29.1 Å². The number of carbonyl (C=O) groups is 3. The fourth-order valence-corrected chi connectivity index (χ4v) is 6.07. The molecule has 4 atom stereocenters. The fourth-order valence-electron chi connectivity index (χ4n) is 3.96. The quantitative estimate of drug-likeness (QED) is 0.313. The maximum Gasteiger partial charge on any atom is 0.353 e. The van der Waals surface area contributed by atoms with Crippen LogP contribution in [0.5, 0.6) is 0 Å². The maximum absolute atomic E-state index is 12.8. The highest BCUT2D eigenvalue weighted by Crippen LogP contribution is 2.43. The van der Waals surface area contributed by atoms with Crippen molar-refractivity contribution >= 4 is 47.1 Å². The number of nitrogens with one attached hydrogen (secondary N) is 1. The minimum Gasteiger partial charge on any atom is -0.477 e. The average molecular weight is 495 g/mol. The van der Waals surface area contributed by atoms with Crippen LogP contribution in [0, 0.1) is 0 Å². The monoisotopic (exact) mass is 494 g/mol. The van der Waals surface area contributed by atoms with Gasteiger partial charge in [0.25, 0.3) is 5.91 Å². The van der Waals surface area contributed by atoms with Gasteiger partial charge in [0.05, 0.1) is 25.8 Å². The predicted molar refractivity (Wildman–Crippen MR) is 124 cm³/mol. The van der Waals surface area contributed by atoms with Crippen LogP contribution in [0.2, 0.25) is 0 Å². The smallest absolute Gasteiger partial charge is 0.353 e. The van der Waals surface area contributed by atoms with Crippen LogP contribution in [0.3, 0.4) is 0 Å². The number of thiophene rings is 1. The molecule has 178 valence electrons. The Labute approximate surface area is 199 Å². The number of rotatable bonds is 8. The van der Waals surface area contributed by atoms with E-state index in [0.717, 1.165) is 18.0 Å². The Morgan fingerprint density at radius 2 is 2.18 bits per heavy atom. The number of β-lactam (4-membered cyclic amide) rings is 1. The predicted octanol–water partition coefficient (Wildman–Crippen LogP) is 1.10. The van der Waals surface area contributed by atoms with Crippen molar-refractivity contribution in [3.63, 3.8) is 0 Å². The van der Waals surface area contributed by atoms with Gasteiger partial charge in [-0.15, -0.1) is 23.1 Å². The van der Waals surface area contributed by atoms with Gasteiger partial charge in [0.2, 0.25) is 5.91 Å². The molecule has 0 spiro atoms. The number of carboxylic acid groups (broad SMARTS) is 1. The molecule has 2 saturated heterocycles. The SMILES string of the molecule is CC(O/N=C/C1=C(C(=O)O)N2C(=O)C(NC(=O)Cc3cccs3)[C@H]2S[C@@H]1C)N1CCOCC1. The number of aliphatic carboxylic acids is 1. The lowest BCUT2D eigenvalue weighted by atomic mass is 10.0. The molecule has 1 aromatic rings. The third kappa shape index (κ3) is 5.08. The number of amides is 2. The van der Waals surface area contributed by atoms with Gasteiger partial charge in [0, 0.05) is 28.8 Å². The summed E-state index contributed by atoms with van der Waals surface area (Å²) in [5.74, 6) is -1.92. The largest absolute Gasteiger partial charge is 0.477 e. The number of oxime groups is 1. The van der Waals surface area contributed by atoms with Gasteiger partial charge in [-0.2, -0.15) is 0 Å². The van der Waals surface area contributed by atoms with Gasteiger partial charge in [0.1, 0.15) is 17.1 Å². The number of morpholine rings is 1. The average Bonchev–Trinajstić information content (AvgIpc) is 3.31. The van der Waals surface area contributed by atoms with E-state index in [1.54, 1.807) is 0 Å². The van der Waals surface area contributed by atoms with E-state index in [-0.39, 0.29) is 29.5 Å². The standard InChI is InChI=1S/C21H26N4O6S2/c1-12-15(11-22-31-13(2)24-5-7-30-8-6-24)18(21(28)29)25-19(27)17(20(25)33-12)23-16(26)10-14-4-3-9-32-14/h3-4,9,11-13,17,20H,5-8,10H2,1-2H3,(H,23,26)(H,28,29)/b22-11+/t12-,13?,17?,20-/m1/s1. The van der Waals surface area contributed by atoms with Crippen LogP contribution in [-0.2, 0) is 30.4 Å². The summed E-state index contributed by atoms with van der Waals surface area (Å²) >= 11 is 2.88. The van der Waals surface area contributed by atoms with E-state index in [0.29, 0.717) is 18.8 Å². The number of ether oxygens (including phenoxy) is 1. The van der Waals surface area contributed by atoms with E-state index in [1.165, 1.54) is 34.2 Å². The van der Waals surface area contributed by atoms with Crippen LogP contribution in [0.1, 0.15) is 18.7 Å². The molecular formula is C21H26N4O6S2. The van der Waals surface area contributed by atoms with Crippen LogP contribution >= 0.6 is 23.1 Å². The molecule has 1 aromatic heterocycles. The van der Waals surface area contributed by atoms with Gasteiger partial charge >= 0.3 is 5.97 Å². The van der Waals surface area contributed by atoms with Crippen LogP contribution in [0.25, 0.3) is 0 Å². The van der Waals surface area contributed by atoms with Crippen molar-refractivity contribution in [3.8, 4) is 0 Å². The molecule has 2 amide bonds. The van der Waals surface area contributed by atoms with Gasteiger partial charge in [-0.1, -0.05) is 11.2 Å². The minimum absolute atomic E-state index is 0.119. The number of nitrogens with zero attached hydrogens (tertiary/aromatic N) is 3. The summed E-state index contributed by atoms with van der Waals surface area (Å²) in [7, 11) is 0. The first-order valence-corrected chi connectivity index (χ1v) is 12.5. The Kier molecular flexibility index (Phi) is 7.37. The van der Waals surface area contributed by atoms with E-state index >= 15 is 0 Å². The van der Waals surface area contributed by atoms with E-state index in [9.17, 15) is 19.5 Å². The number of hydrogen-bond donors (Lipinski definition) is 2. The third-order valence-corrected chi connectivity index (χ3v) is 8.04. The van der Waals surface area contributed by atoms with Crippen LogP contribution in [-0.4, -0.2) is 88.1 Å². The van der Waals surface area contributed by atoms with Crippen molar-refractivity contribution in [2.75, 3.05) is 26.3 Å². The summed E-state index contributed by atoms with van der Waals surface area (Å²) in [6, 6.07) is 2.96. The summed E-state index contributed by atoms with van der Waals surface area (Å²) in [4.78, 5) is 47.0. The highest BCUT2D eigenvalue weighted by atomic mass is 32.2. The molecule has 4 heterocycles. The number of hydrogen-bond acceptors (Lipinski definition) is 9. The molecule has 2 N–H and O–H groups in total. The molecule has 3 aliphatic rings. The van der Waals surface area contributed by atoms with Gasteiger partial charge in [-0.25, -0.2) is 4.79 Å². The Bertz CT molecular complexity index is 960. The highest BCUT2D eigenvalue weighted by Gasteiger charge is 2.55. The molecule has 12 heteroatoms. The lowest BCUT2D eigenvalue weighted by Crippen LogP contribution is -2.71. The molecule has 33 heavy (non-hydrogen) atoms. The van der Waals surface area contributed by atoms with Crippen LogP contribution < -0.4 is 5.32 Å². The summed E-state index contributed by atoms with van der Waals surface area (Å²) in [6.45, 7) is 6.44. The third-order valence-electron chi connectivity index (χ3n) is 5.74. The second kappa shape index (κ2) is 10.2. The first-order chi connectivity index (χ1) is 15.9. The molecule has 2 fully saturated rings. The van der Waals surface area contributed by atoms with Crippen LogP contribution in [0.4, 0.5) is 0 Å². The minimum atomic E-state index is -1.22. The normalized spacial score (nSPS) is 26.7. The molecule has 0 aliphatic carbocycles. The topological polar surface area (TPSA) is 121 Å². The summed E-state index contributed by atoms with van der Waals surface area (Å²) in [5, 5.41) is 17.8. The number of thioether (sulfide) groups is 1. The zero-order valence-corrected chi connectivity index (χ0v) is 19.9. The molecular weight excluding hydrogens is 468 g/mol. The second-order valence-corrected chi connectivity index (χ2v) is 10.4. The summed E-state index contributed by atoms with van der Waals surface area (Å²) in [5.41, 5.74) is 0.279. The zero-order chi connectivity index (χ0) is 23.5. The molecule has 2 unspecified atom stereocenters. The number of fused-ring (bicyclic) bond motifs is 1. The zero-order valence-electron chi connectivity index (χ0n) is 18.3. The molecule has 4 rings (SSSR count). The first kappa shape index (κ1) is 23.7. The summed E-state index contributed by atoms with van der Waals surface area (Å²) < 4.78 is 5.33.